The number of carbonyl (C=O) groups is 3. The Kier molecular flexibility index (Phi) is 6.76. The summed E-state index contributed by atoms with van der Waals surface area (Å²) in [7, 11) is 1.34. The summed E-state index contributed by atoms with van der Waals surface area (Å²) >= 11 is 0. The average Bonchev–Trinajstić information content (AvgIpc) is 2.90. The van der Waals surface area contributed by atoms with Crippen LogP contribution in [0.15, 0.2) is 18.2 Å². The second-order valence-corrected chi connectivity index (χ2v) is 10.7. The van der Waals surface area contributed by atoms with Gasteiger partial charge in [0, 0.05) is 29.2 Å². The molecule has 0 amide bonds. The molecule has 6 atom stereocenters. The van der Waals surface area contributed by atoms with E-state index < -0.39 is 83.3 Å². The minimum atomic E-state index is -2.12. The van der Waals surface area contributed by atoms with E-state index in [1.807, 2.05) is 0 Å². The molecule has 3 aliphatic rings. The van der Waals surface area contributed by atoms with Gasteiger partial charge in [-0.05, 0) is 38.2 Å². The van der Waals surface area contributed by atoms with Gasteiger partial charge in [0.05, 0.1) is 42.1 Å². The van der Waals surface area contributed by atoms with Gasteiger partial charge in [-0.25, -0.2) is 0 Å². The molecule has 0 radical (unpaired) electrons. The van der Waals surface area contributed by atoms with Crippen LogP contribution in [0.2, 0.25) is 0 Å². The van der Waals surface area contributed by atoms with Crippen LogP contribution in [0.4, 0.5) is 0 Å². The third-order valence-corrected chi connectivity index (χ3v) is 8.30. The van der Waals surface area contributed by atoms with Gasteiger partial charge in [-0.2, -0.15) is 0 Å². The molecule has 1 saturated heterocycles. The first kappa shape index (κ1) is 27.2. The van der Waals surface area contributed by atoms with Crippen molar-refractivity contribution >= 4 is 17.3 Å². The predicted octanol–water partition coefficient (Wildman–Crippen LogP) is 0.460. The van der Waals surface area contributed by atoms with E-state index in [2.05, 4.69) is 0 Å². The highest BCUT2D eigenvalue weighted by atomic mass is 16.5. The lowest BCUT2D eigenvalue weighted by Gasteiger charge is -2.42. The van der Waals surface area contributed by atoms with Crippen LogP contribution in [0.25, 0.3) is 0 Å². The maximum atomic E-state index is 13.7. The molecule has 2 aromatic carbocycles. The Morgan fingerprint density at radius 1 is 1.15 bits per heavy atom. The second-order valence-electron chi connectivity index (χ2n) is 10.7. The molecule has 0 unspecified atom stereocenters. The van der Waals surface area contributed by atoms with E-state index in [-0.39, 0.29) is 52.8 Å². The topological polar surface area (TPSA) is 197 Å². The zero-order valence-corrected chi connectivity index (χ0v) is 21.5. The molecular formula is C28H31NO10. The standard InChI is InChI=1S/C28H31NO10/c1-11-23(32)16(29)7-13(39-11)6-12-8-28(37,18(31)10-30)9-15-19(12)26(35)22-21(25(15)34)24(33)14-4-3-5-17(38-2)20(14)27(22)36/h3-5,11-13,16,23,30,32,34-35,37H,6-10,29H2,1-2H3/t11-,12+,13-,16-,23+,28+/m0/s1. The predicted molar refractivity (Wildman–Crippen MR) is 135 cm³/mol. The highest BCUT2D eigenvalue weighted by molar-refractivity contribution is 6.31. The van der Waals surface area contributed by atoms with Crippen molar-refractivity contribution in [1.82, 2.24) is 0 Å². The van der Waals surface area contributed by atoms with Gasteiger partial charge in [-0.15, -0.1) is 0 Å². The van der Waals surface area contributed by atoms with Crippen LogP contribution in [0.1, 0.15) is 75.1 Å². The summed E-state index contributed by atoms with van der Waals surface area (Å²) in [5.74, 6) is -4.20. The number of phenolic OH excluding ortho intramolecular Hbond substituents is 2. The maximum absolute atomic E-state index is 13.7. The summed E-state index contributed by atoms with van der Waals surface area (Å²) in [5.41, 5.74) is 3.13. The number of nitrogens with two attached hydrogens (primary N) is 1. The minimum absolute atomic E-state index is 0.0207. The van der Waals surface area contributed by atoms with Gasteiger partial charge in [-0.3, -0.25) is 14.4 Å². The van der Waals surface area contributed by atoms with E-state index in [0.717, 1.165) is 0 Å². The van der Waals surface area contributed by atoms with E-state index >= 15 is 0 Å². The number of benzene rings is 2. The number of hydrogen-bond donors (Lipinski definition) is 6. The fourth-order valence-electron chi connectivity index (χ4n) is 6.37. The monoisotopic (exact) mass is 541 g/mol. The Morgan fingerprint density at radius 2 is 1.85 bits per heavy atom. The summed E-state index contributed by atoms with van der Waals surface area (Å²) in [5, 5.41) is 54.0. The molecule has 2 aromatic rings. The van der Waals surface area contributed by atoms with Crippen molar-refractivity contribution in [2.75, 3.05) is 13.7 Å². The van der Waals surface area contributed by atoms with Crippen LogP contribution in [-0.2, 0) is 16.0 Å². The first-order valence-corrected chi connectivity index (χ1v) is 12.8. The largest absolute Gasteiger partial charge is 0.507 e. The summed E-state index contributed by atoms with van der Waals surface area (Å²) in [6, 6.07) is 3.83. The molecule has 5 rings (SSSR count). The van der Waals surface area contributed by atoms with Crippen LogP contribution >= 0.6 is 0 Å². The van der Waals surface area contributed by atoms with Crippen molar-refractivity contribution < 1.29 is 49.4 Å². The van der Waals surface area contributed by atoms with Gasteiger partial charge in [-0.1, -0.05) is 12.1 Å². The summed E-state index contributed by atoms with van der Waals surface area (Å²) in [6.45, 7) is 0.695. The molecule has 11 heteroatoms. The second kappa shape index (κ2) is 9.68. The van der Waals surface area contributed by atoms with Crippen LogP contribution in [0, 0.1) is 0 Å². The number of aromatic hydroxyl groups is 2. The van der Waals surface area contributed by atoms with Crippen LogP contribution < -0.4 is 10.5 Å². The minimum Gasteiger partial charge on any atom is -0.507 e. The molecule has 0 bridgehead atoms. The first-order valence-electron chi connectivity index (χ1n) is 12.8. The van der Waals surface area contributed by atoms with Gasteiger partial charge in [0.15, 0.2) is 11.6 Å². The molecule has 11 nitrogen and oxygen atoms in total. The third-order valence-electron chi connectivity index (χ3n) is 8.30. The Bertz CT molecular complexity index is 1380. The van der Waals surface area contributed by atoms with Crippen molar-refractivity contribution in [1.29, 1.82) is 0 Å². The number of rotatable bonds is 5. The molecule has 0 saturated carbocycles. The molecular weight excluding hydrogens is 510 g/mol. The van der Waals surface area contributed by atoms with E-state index in [0.29, 0.717) is 0 Å². The van der Waals surface area contributed by atoms with E-state index in [4.69, 9.17) is 15.2 Å². The highest BCUT2D eigenvalue weighted by Crippen LogP contribution is 2.53. The van der Waals surface area contributed by atoms with Gasteiger partial charge >= 0.3 is 0 Å². The fourth-order valence-corrected chi connectivity index (χ4v) is 6.37. The molecule has 7 N–H and O–H groups in total. The number of methoxy groups -OCH3 is 1. The Hall–Kier alpha value is -3.35. The van der Waals surface area contributed by atoms with E-state index in [1.165, 1.54) is 25.3 Å². The zero-order valence-electron chi connectivity index (χ0n) is 21.5. The fraction of sp³-hybridized carbons (Fsp3) is 0.464. The molecule has 208 valence electrons. The molecule has 39 heavy (non-hydrogen) atoms. The molecule has 0 aromatic heterocycles. The zero-order chi connectivity index (χ0) is 28.4. The molecule has 1 aliphatic heterocycles. The summed E-state index contributed by atoms with van der Waals surface area (Å²) < 4.78 is 11.2. The van der Waals surface area contributed by atoms with Gasteiger partial charge in [0.2, 0.25) is 5.78 Å². The van der Waals surface area contributed by atoms with Crippen LogP contribution in [0.5, 0.6) is 17.2 Å². The number of hydrogen-bond acceptors (Lipinski definition) is 11. The molecule has 0 spiro atoms. The lowest BCUT2D eigenvalue weighted by atomic mass is 9.67. The Balaban J connectivity index is 1.69. The number of fused-ring (bicyclic) bond motifs is 3. The van der Waals surface area contributed by atoms with Crippen LogP contribution in [-0.4, -0.2) is 86.6 Å². The number of phenols is 2. The van der Waals surface area contributed by atoms with Crippen molar-refractivity contribution in [2.45, 2.75) is 68.5 Å². The van der Waals surface area contributed by atoms with E-state index in [9.17, 15) is 39.9 Å². The smallest absolute Gasteiger partial charge is 0.202 e. The number of aliphatic hydroxyl groups excluding tert-OH is 2. The SMILES string of the molecule is COc1cccc2c1C(=O)c1c(O)c3c(c(O)c1C2=O)C[C@@](O)(C(=O)CO)C[C@H]3C[C@H]1C[C@H](N)[C@H](O)[C@H](C)O1. The first-order chi connectivity index (χ1) is 18.4. The Labute approximate surface area is 223 Å². The number of ketones is 3. The maximum Gasteiger partial charge on any atom is 0.202 e. The quantitative estimate of drug-likeness (QED) is 0.245. The third kappa shape index (κ3) is 4.12. The Morgan fingerprint density at radius 3 is 2.49 bits per heavy atom. The van der Waals surface area contributed by atoms with E-state index in [1.54, 1.807) is 6.92 Å². The normalized spacial score (nSPS) is 29.8. The molecule has 2 aliphatic carbocycles. The van der Waals surface area contributed by atoms with Gasteiger partial charge in [0.25, 0.3) is 0 Å². The summed E-state index contributed by atoms with van der Waals surface area (Å²) in [4.78, 5) is 39.9. The highest BCUT2D eigenvalue weighted by Gasteiger charge is 2.49. The number of aliphatic hydroxyl groups is 3. The molecule has 1 heterocycles. The number of Topliss-reactive ketones (excluding diaryl/α,β-unsaturated/α-hetero) is 1. The van der Waals surface area contributed by atoms with Crippen molar-refractivity contribution in [3.05, 3.63) is 51.6 Å². The lowest BCUT2D eigenvalue weighted by Crippen LogP contribution is -2.52. The average molecular weight is 542 g/mol. The van der Waals surface area contributed by atoms with Crippen molar-refractivity contribution in [3.63, 3.8) is 0 Å². The number of ether oxygens (including phenoxy) is 2. The van der Waals surface area contributed by atoms with Gasteiger partial charge in [0.1, 0.15) is 29.5 Å². The number of carbonyl (C=O) groups excluding carboxylic acids is 3. The van der Waals surface area contributed by atoms with Crippen LogP contribution in [0.3, 0.4) is 0 Å². The summed E-state index contributed by atoms with van der Waals surface area (Å²) in [6.07, 6.45) is -2.45. The lowest BCUT2D eigenvalue weighted by molar-refractivity contribution is -0.144. The van der Waals surface area contributed by atoms with Crippen molar-refractivity contribution in [2.24, 2.45) is 5.73 Å². The molecule has 1 fully saturated rings. The van der Waals surface area contributed by atoms with Gasteiger partial charge < -0.3 is 40.7 Å². The van der Waals surface area contributed by atoms with Crippen molar-refractivity contribution in [3.8, 4) is 17.2 Å².